The number of ether oxygens (including phenoxy) is 1. The van der Waals surface area contributed by atoms with Gasteiger partial charge in [-0.2, -0.15) is 0 Å². The molecule has 0 amide bonds. The molecule has 0 atom stereocenters. The average Bonchev–Trinajstić information content (AvgIpc) is 2.42. The second kappa shape index (κ2) is 6.57. The predicted molar refractivity (Wildman–Crippen MR) is 86.9 cm³/mol. The van der Waals surface area contributed by atoms with Crippen molar-refractivity contribution in [1.29, 1.82) is 0 Å². The van der Waals surface area contributed by atoms with Gasteiger partial charge in [0, 0.05) is 12.1 Å². The SMILES string of the molecule is CCNc1nc(C)c(C)nc1-c1cccc(OC(C)C)c1. The fourth-order valence-corrected chi connectivity index (χ4v) is 2.08. The first-order valence-corrected chi connectivity index (χ1v) is 7.37. The van der Waals surface area contributed by atoms with Crippen molar-refractivity contribution >= 4 is 5.82 Å². The molecule has 0 fully saturated rings. The second-order valence-corrected chi connectivity index (χ2v) is 5.32. The van der Waals surface area contributed by atoms with Crippen molar-refractivity contribution in [2.45, 2.75) is 40.7 Å². The van der Waals surface area contributed by atoms with E-state index < -0.39 is 0 Å². The summed E-state index contributed by atoms with van der Waals surface area (Å²) in [6.45, 7) is 10.9. The van der Waals surface area contributed by atoms with E-state index in [-0.39, 0.29) is 6.10 Å². The lowest BCUT2D eigenvalue weighted by Crippen LogP contribution is -2.07. The summed E-state index contributed by atoms with van der Waals surface area (Å²) in [7, 11) is 0. The Labute approximate surface area is 126 Å². The highest BCUT2D eigenvalue weighted by Crippen LogP contribution is 2.28. The number of hydrogen-bond donors (Lipinski definition) is 1. The minimum absolute atomic E-state index is 0.152. The van der Waals surface area contributed by atoms with Gasteiger partial charge in [-0.3, -0.25) is 0 Å². The van der Waals surface area contributed by atoms with Crippen LogP contribution in [0.2, 0.25) is 0 Å². The first-order valence-electron chi connectivity index (χ1n) is 7.37. The molecule has 1 aromatic carbocycles. The van der Waals surface area contributed by atoms with E-state index in [1.807, 2.05) is 52.0 Å². The van der Waals surface area contributed by atoms with E-state index in [0.717, 1.165) is 40.8 Å². The summed E-state index contributed by atoms with van der Waals surface area (Å²) in [6, 6.07) is 8.00. The average molecular weight is 285 g/mol. The number of hydrogen-bond acceptors (Lipinski definition) is 4. The van der Waals surface area contributed by atoms with Crippen molar-refractivity contribution in [1.82, 2.24) is 9.97 Å². The van der Waals surface area contributed by atoms with Crippen molar-refractivity contribution in [2.24, 2.45) is 0 Å². The molecule has 0 unspecified atom stereocenters. The van der Waals surface area contributed by atoms with E-state index in [4.69, 9.17) is 9.72 Å². The molecule has 1 heterocycles. The molecule has 1 N–H and O–H groups in total. The summed E-state index contributed by atoms with van der Waals surface area (Å²) in [4.78, 5) is 9.32. The van der Waals surface area contributed by atoms with Crippen molar-refractivity contribution < 1.29 is 4.74 Å². The molecule has 112 valence electrons. The third-order valence-electron chi connectivity index (χ3n) is 3.13. The number of nitrogens with zero attached hydrogens (tertiary/aromatic N) is 2. The molecular weight excluding hydrogens is 262 g/mol. The minimum atomic E-state index is 0.152. The number of rotatable bonds is 5. The maximum atomic E-state index is 5.76. The normalized spacial score (nSPS) is 10.8. The van der Waals surface area contributed by atoms with Gasteiger partial charge in [0.2, 0.25) is 0 Å². The molecule has 2 aromatic rings. The van der Waals surface area contributed by atoms with Gasteiger partial charge in [0.25, 0.3) is 0 Å². The standard InChI is InChI=1S/C17H23N3O/c1-6-18-17-16(19-12(4)13(5)20-17)14-8-7-9-15(10-14)21-11(2)3/h7-11H,6H2,1-5H3,(H,18,20). The Bertz CT molecular complexity index is 623. The molecule has 2 rings (SSSR count). The fraction of sp³-hybridized carbons (Fsp3) is 0.412. The molecule has 0 aliphatic rings. The first kappa shape index (κ1) is 15.3. The number of benzene rings is 1. The summed E-state index contributed by atoms with van der Waals surface area (Å²) in [5.74, 6) is 1.67. The summed E-state index contributed by atoms with van der Waals surface area (Å²) >= 11 is 0. The van der Waals surface area contributed by atoms with Crippen LogP contribution in [-0.2, 0) is 0 Å². The molecule has 0 spiro atoms. The Morgan fingerprint density at radius 1 is 1.14 bits per heavy atom. The Morgan fingerprint density at radius 2 is 1.86 bits per heavy atom. The van der Waals surface area contributed by atoms with Crippen LogP contribution in [0.25, 0.3) is 11.3 Å². The van der Waals surface area contributed by atoms with Crippen LogP contribution in [0, 0.1) is 13.8 Å². The van der Waals surface area contributed by atoms with Crippen LogP contribution >= 0.6 is 0 Å². The molecule has 0 saturated heterocycles. The van der Waals surface area contributed by atoms with Crippen LogP contribution in [0.15, 0.2) is 24.3 Å². The van der Waals surface area contributed by atoms with E-state index >= 15 is 0 Å². The van der Waals surface area contributed by atoms with Crippen molar-refractivity contribution in [2.75, 3.05) is 11.9 Å². The lowest BCUT2D eigenvalue weighted by Gasteiger charge is -2.14. The lowest BCUT2D eigenvalue weighted by molar-refractivity contribution is 0.242. The molecule has 1 aromatic heterocycles. The Balaban J connectivity index is 2.47. The van der Waals surface area contributed by atoms with Gasteiger partial charge in [0.1, 0.15) is 11.4 Å². The van der Waals surface area contributed by atoms with Crippen molar-refractivity contribution in [3.05, 3.63) is 35.7 Å². The molecular formula is C17H23N3O. The van der Waals surface area contributed by atoms with Crippen LogP contribution in [0.4, 0.5) is 5.82 Å². The largest absolute Gasteiger partial charge is 0.491 e. The van der Waals surface area contributed by atoms with Crippen molar-refractivity contribution in [3.8, 4) is 17.0 Å². The summed E-state index contributed by atoms with van der Waals surface area (Å²) in [5, 5.41) is 3.29. The van der Waals surface area contributed by atoms with E-state index in [2.05, 4.69) is 17.2 Å². The van der Waals surface area contributed by atoms with E-state index in [1.165, 1.54) is 0 Å². The monoisotopic (exact) mass is 285 g/mol. The van der Waals surface area contributed by atoms with Gasteiger partial charge in [-0.25, -0.2) is 9.97 Å². The van der Waals surface area contributed by atoms with Gasteiger partial charge in [0.15, 0.2) is 5.82 Å². The Morgan fingerprint density at radius 3 is 2.52 bits per heavy atom. The number of nitrogens with one attached hydrogen (secondary N) is 1. The summed E-state index contributed by atoms with van der Waals surface area (Å²) in [5.41, 5.74) is 3.78. The Kier molecular flexibility index (Phi) is 4.78. The van der Waals surface area contributed by atoms with Crippen LogP contribution in [0.5, 0.6) is 5.75 Å². The molecule has 0 saturated carbocycles. The van der Waals surface area contributed by atoms with Gasteiger partial charge in [-0.15, -0.1) is 0 Å². The molecule has 4 heteroatoms. The molecule has 0 aliphatic heterocycles. The van der Waals surface area contributed by atoms with E-state index in [9.17, 15) is 0 Å². The molecule has 21 heavy (non-hydrogen) atoms. The smallest absolute Gasteiger partial charge is 0.152 e. The third kappa shape index (κ3) is 3.72. The highest BCUT2D eigenvalue weighted by molar-refractivity contribution is 5.72. The molecule has 0 radical (unpaired) electrons. The number of anilines is 1. The predicted octanol–water partition coefficient (Wildman–Crippen LogP) is 3.98. The zero-order valence-corrected chi connectivity index (χ0v) is 13.4. The van der Waals surface area contributed by atoms with Crippen LogP contribution in [0.1, 0.15) is 32.2 Å². The third-order valence-corrected chi connectivity index (χ3v) is 3.13. The maximum Gasteiger partial charge on any atom is 0.152 e. The van der Waals surface area contributed by atoms with E-state index in [1.54, 1.807) is 0 Å². The van der Waals surface area contributed by atoms with Gasteiger partial charge < -0.3 is 10.1 Å². The zero-order chi connectivity index (χ0) is 15.4. The molecule has 0 aliphatic carbocycles. The second-order valence-electron chi connectivity index (χ2n) is 5.32. The van der Waals surface area contributed by atoms with Gasteiger partial charge in [-0.1, -0.05) is 12.1 Å². The van der Waals surface area contributed by atoms with Gasteiger partial charge in [0.05, 0.1) is 17.5 Å². The number of aryl methyl sites for hydroxylation is 2. The molecule has 0 bridgehead atoms. The lowest BCUT2D eigenvalue weighted by atomic mass is 10.1. The topological polar surface area (TPSA) is 47.0 Å². The van der Waals surface area contributed by atoms with E-state index in [0.29, 0.717) is 0 Å². The Hall–Kier alpha value is -2.10. The number of aromatic nitrogens is 2. The van der Waals surface area contributed by atoms with Gasteiger partial charge >= 0.3 is 0 Å². The zero-order valence-electron chi connectivity index (χ0n) is 13.4. The molecule has 4 nitrogen and oxygen atoms in total. The quantitative estimate of drug-likeness (QED) is 0.902. The fourth-order valence-electron chi connectivity index (χ4n) is 2.08. The van der Waals surface area contributed by atoms with Crippen LogP contribution < -0.4 is 10.1 Å². The van der Waals surface area contributed by atoms with Gasteiger partial charge in [-0.05, 0) is 46.8 Å². The first-order chi connectivity index (χ1) is 10.0. The summed E-state index contributed by atoms with van der Waals surface area (Å²) in [6.07, 6.45) is 0.152. The van der Waals surface area contributed by atoms with Crippen LogP contribution in [-0.4, -0.2) is 22.6 Å². The highest BCUT2D eigenvalue weighted by Gasteiger charge is 2.12. The van der Waals surface area contributed by atoms with Crippen molar-refractivity contribution in [3.63, 3.8) is 0 Å². The highest BCUT2D eigenvalue weighted by atomic mass is 16.5. The maximum absolute atomic E-state index is 5.76. The minimum Gasteiger partial charge on any atom is -0.491 e. The summed E-state index contributed by atoms with van der Waals surface area (Å²) < 4.78 is 5.76. The van der Waals surface area contributed by atoms with Crippen LogP contribution in [0.3, 0.4) is 0 Å².